The summed E-state index contributed by atoms with van der Waals surface area (Å²) in [5.41, 5.74) is 5.64. The Bertz CT molecular complexity index is 1060. The van der Waals surface area contributed by atoms with Crippen LogP contribution in [0.3, 0.4) is 0 Å². The molecule has 154 valence electrons. The molecule has 3 aromatic rings. The molecule has 0 spiro atoms. The summed E-state index contributed by atoms with van der Waals surface area (Å²) in [7, 11) is 0. The van der Waals surface area contributed by atoms with Crippen LogP contribution in [0.25, 0.3) is 27.7 Å². The third-order valence-corrected chi connectivity index (χ3v) is 5.98. The number of hydrogen-bond donors (Lipinski definition) is 4. The van der Waals surface area contributed by atoms with E-state index in [1.54, 1.807) is 0 Å². The Labute approximate surface area is 177 Å². The Morgan fingerprint density at radius 2 is 1.97 bits per heavy atom. The van der Waals surface area contributed by atoms with Gasteiger partial charge in [-0.3, -0.25) is 4.79 Å². The highest BCUT2D eigenvalue weighted by molar-refractivity contribution is 5.85. The van der Waals surface area contributed by atoms with Crippen LogP contribution in [0.1, 0.15) is 31.7 Å². The predicted molar refractivity (Wildman–Crippen MR) is 122 cm³/mol. The molecule has 0 saturated heterocycles. The number of aromatic amines is 1. The van der Waals surface area contributed by atoms with Gasteiger partial charge in [-0.2, -0.15) is 0 Å². The molecule has 5 heteroatoms. The van der Waals surface area contributed by atoms with Crippen LogP contribution >= 0.6 is 0 Å². The fourth-order valence-electron chi connectivity index (χ4n) is 4.40. The summed E-state index contributed by atoms with van der Waals surface area (Å²) < 4.78 is 0. The molecule has 1 heterocycles. The zero-order valence-corrected chi connectivity index (χ0v) is 17.3. The Morgan fingerprint density at radius 3 is 2.73 bits per heavy atom. The summed E-state index contributed by atoms with van der Waals surface area (Å²) in [6, 6.07) is 17.4. The fraction of sp³-hybridized carbons (Fsp3) is 0.280. The van der Waals surface area contributed by atoms with Crippen LogP contribution < -0.4 is 10.6 Å². The standard InChI is InChI=1S/C25H28N4O/c1-2-27-25(30)21-9-10-22(15-21)29-23(11-13-26)18-5-3-17(4-6-18)20-8-7-19-12-14-28-24(19)16-20/h3-8,11-14,16,21-22,26,28-29H,2,9-10,15H2,1H3,(H,27,30)/p+1/b23-11-,26-13?/t21-,22?/m0/s1. The van der Waals surface area contributed by atoms with Crippen molar-refractivity contribution >= 4 is 28.7 Å². The smallest absolute Gasteiger partial charge is 0.223 e. The molecule has 1 saturated carbocycles. The zero-order valence-electron chi connectivity index (χ0n) is 17.3. The second-order valence-corrected chi connectivity index (χ2v) is 7.98. The lowest BCUT2D eigenvalue weighted by Crippen LogP contribution is -2.86. The van der Waals surface area contributed by atoms with Crippen molar-refractivity contribution in [2.24, 2.45) is 5.92 Å². The topological polar surface area (TPSA) is 85.3 Å². The third-order valence-electron chi connectivity index (χ3n) is 5.98. The lowest BCUT2D eigenvalue weighted by molar-refractivity contribution is -0.601. The van der Waals surface area contributed by atoms with Gasteiger partial charge in [-0.15, -0.1) is 0 Å². The van der Waals surface area contributed by atoms with Gasteiger partial charge < -0.3 is 21.0 Å². The number of carbonyl (C=O) groups excluding carboxylic acids is 1. The van der Waals surface area contributed by atoms with Crippen LogP contribution in [0.15, 0.2) is 60.8 Å². The van der Waals surface area contributed by atoms with Crippen LogP contribution in [-0.4, -0.2) is 29.7 Å². The first-order valence-corrected chi connectivity index (χ1v) is 10.7. The number of quaternary nitrogens is 1. The Hall–Kier alpha value is -3.18. The normalized spacial score (nSPS) is 19.2. The number of nitrogens with one attached hydrogen (secondary N) is 3. The number of amides is 1. The van der Waals surface area contributed by atoms with E-state index in [2.05, 4.69) is 64.1 Å². The summed E-state index contributed by atoms with van der Waals surface area (Å²) >= 11 is 0. The van der Waals surface area contributed by atoms with E-state index in [9.17, 15) is 4.79 Å². The Morgan fingerprint density at radius 1 is 1.17 bits per heavy atom. The van der Waals surface area contributed by atoms with Crippen LogP contribution in [0, 0.1) is 11.3 Å². The van der Waals surface area contributed by atoms with Crippen molar-refractivity contribution in [3.05, 3.63) is 66.4 Å². The number of aromatic nitrogens is 1. The SMILES string of the molecule is CCNC(=O)[C@H]1CCC([NH2+]/C(=C\C=N)c2ccc(-c3ccc4cc[nH]c4c3)cc2)C1. The molecule has 1 amide bonds. The molecule has 1 aliphatic carbocycles. The summed E-state index contributed by atoms with van der Waals surface area (Å²) in [6.45, 7) is 2.65. The number of fused-ring (bicyclic) bond motifs is 1. The van der Waals surface area contributed by atoms with Crippen molar-refractivity contribution in [1.82, 2.24) is 10.3 Å². The maximum Gasteiger partial charge on any atom is 0.223 e. The van der Waals surface area contributed by atoms with Crippen LogP contribution in [0.4, 0.5) is 0 Å². The summed E-state index contributed by atoms with van der Waals surface area (Å²) in [5.74, 6) is 0.284. The molecular formula is C25H29N4O+. The minimum absolute atomic E-state index is 0.109. The predicted octanol–water partition coefficient (Wildman–Crippen LogP) is 3.69. The second kappa shape index (κ2) is 9.09. The Kier molecular flexibility index (Phi) is 6.10. The maximum atomic E-state index is 12.1. The lowest BCUT2D eigenvalue weighted by atomic mass is 10.0. The number of allylic oxidation sites excluding steroid dienone is 1. The molecule has 0 aliphatic heterocycles. The summed E-state index contributed by atoms with van der Waals surface area (Å²) in [4.78, 5) is 15.4. The average molecular weight is 402 g/mol. The number of nitrogens with two attached hydrogens (primary N) is 1. The fourth-order valence-corrected chi connectivity index (χ4v) is 4.40. The second-order valence-electron chi connectivity index (χ2n) is 7.98. The van der Waals surface area contributed by atoms with Gasteiger partial charge in [0.15, 0.2) is 0 Å². The van der Waals surface area contributed by atoms with E-state index < -0.39 is 0 Å². The minimum Gasteiger partial charge on any atom is -0.361 e. The molecule has 2 atom stereocenters. The quantitative estimate of drug-likeness (QED) is 0.447. The molecule has 30 heavy (non-hydrogen) atoms. The number of carbonyl (C=O) groups is 1. The highest BCUT2D eigenvalue weighted by Crippen LogP contribution is 2.26. The van der Waals surface area contributed by atoms with Gasteiger partial charge in [0, 0.05) is 54.9 Å². The molecule has 4 rings (SSSR count). The largest absolute Gasteiger partial charge is 0.361 e. The van der Waals surface area contributed by atoms with Gasteiger partial charge in [-0.05, 0) is 54.1 Å². The van der Waals surface area contributed by atoms with Gasteiger partial charge in [0.05, 0.1) is 6.04 Å². The van der Waals surface area contributed by atoms with Crippen LogP contribution in [0.2, 0.25) is 0 Å². The maximum absolute atomic E-state index is 12.1. The number of H-pyrrole nitrogens is 1. The molecular weight excluding hydrogens is 372 g/mol. The number of benzene rings is 2. The van der Waals surface area contributed by atoms with Gasteiger partial charge in [0.25, 0.3) is 0 Å². The molecule has 1 aliphatic rings. The van der Waals surface area contributed by atoms with Gasteiger partial charge >= 0.3 is 0 Å². The van der Waals surface area contributed by atoms with E-state index >= 15 is 0 Å². The van der Waals surface area contributed by atoms with E-state index in [4.69, 9.17) is 5.41 Å². The first-order valence-electron chi connectivity index (χ1n) is 10.7. The molecule has 5 N–H and O–H groups in total. The van der Waals surface area contributed by atoms with E-state index in [1.807, 2.05) is 19.2 Å². The molecule has 5 nitrogen and oxygen atoms in total. The minimum atomic E-state index is 0.109. The molecule has 2 aromatic carbocycles. The highest BCUT2D eigenvalue weighted by Gasteiger charge is 2.32. The third kappa shape index (κ3) is 4.36. The van der Waals surface area contributed by atoms with E-state index in [1.165, 1.54) is 22.7 Å². The van der Waals surface area contributed by atoms with Crippen molar-refractivity contribution in [2.75, 3.05) is 6.54 Å². The van der Waals surface area contributed by atoms with Gasteiger partial charge in [0.1, 0.15) is 5.70 Å². The monoisotopic (exact) mass is 401 g/mol. The Balaban J connectivity index is 1.47. The highest BCUT2D eigenvalue weighted by atomic mass is 16.1. The van der Waals surface area contributed by atoms with Crippen molar-refractivity contribution in [1.29, 1.82) is 5.41 Å². The van der Waals surface area contributed by atoms with Gasteiger partial charge in [-0.25, -0.2) is 0 Å². The number of rotatable bonds is 7. The molecule has 0 radical (unpaired) electrons. The van der Waals surface area contributed by atoms with E-state index in [0.29, 0.717) is 12.6 Å². The van der Waals surface area contributed by atoms with Crippen LogP contribution in [0.5, 0.6) is 0 Å². The average Bonchev–Trinajstić information content (AvgIpc) is 3.43. The number of hydrogen-bond acceptors (Lipinski definition) is 2. The summed E-state index contributed by atoms with van der Waals surface area (Å²) in [6.07, 6.45) is 7.99. The zero-order chi connectivity index (χ0) is 20.9. The first-order chi connectivity index (χ1) is 14.7. The van der Waals surface area contributed by atoms with Crippen molar-refractivity contribution in [3.8, 4) is 11.1 Å². The van der Waals surface area contributed by atoms with Crippen molar-refractivity contribution in [3.63, 3.8) is 0 Å². The van der Waals surface area contributed by atoms with Gasteiger partial charge in [0.2, 0.25) is 5.91 Å². The van der Waals surface area contributed by atoms with Crippen LogP contribution in [-0.2, 0) is 4.79 Å². The molecule has 1 fully saturated rings. The molecule has 0 bridgehead atoms. The van der Waals surface area contributed by atoms with E-state index in [-0.39, 0.29) is 11.8 Å². The molecule has 1 aromatic heterocycles. The lowest BCUT2D eigenvalue weighted by Gasteiger charge is -2.13. The van der Waals surface area contributed by atoms with Crippen molar-refractivity contribution in [2.45, 2.75) is 32.2 Å². The summed E-state index contributed by atoms with van der Waals surface area (Å²) in [5, 5.41) is 14.0. The molecule has 1 unspecified atom stereocenters. The van der Waals surface area contributed by atoms with Crippen molar-refractivity contribution < 1.29 is 10.1 Å². The van der Waals surface area contributed by atoms with Gasteiger partial charge in [-0.1, -0.05) is 24.3 Å². The first kappa shape index (κ1) is 20.1. The van der Waals surface area contributed by atoms with E-state index in [0.717, 1.165) is 36.0 Å².